The first-order chi connectivity index (χ1) is 9.01. The van der Waals surface area contributed by atoms with Gasteiger partial charge in [-0.2, -0.15) is 0 Å². The number of ether oxygens (including phenoxy) is 2. The molecule has 0 aliphatic rings. The highest BCUT2D eigenvalue weighted by Crippen LogP contribution is 2.34. The van der Waals surface area contributed by atoms with Crippen molar-refractivity contribution in [3.8, 4) is 17.2 Å². The summed E-state index contributed by atoms with van der Waals surface area (Å²) in [6, 6.07) is 6.80. The van der Waals surface area contributed by atoms with Crippen molar-refractivity contribution in [2.45, 2.75) is 6.92 Å². The van der Waals surface area contributed by atoms with Gasteiger partial charge in [0.2, 0.25) is 0 Å². The van der Waals surface area contributed by atoms with Crippen LogP contribution in [-0.4, -0.2) is 7.11 Å². The molecule has 0 atom stereocenters. The number of anilines is 1. The van der Waals surface area contributed by atoms with Gasteiger partial charge in [-0.1, -0.05) is 6.07 Å². The van der Waals surface area contributed by atoms with E-state index in [4.69, 9.17) is 15.2 Å². The van der Waals surface area contributed by atoms with Crippen LogP contribution in [0.15, 0.2) is 30.3 Å². The number of halogens is 2. The Morgan fingerprint density at radius 1 is 0.947 bits per heavy atom. The lowest BCUT2D eigenvalue weighted by molar-refractivity contribution is 0.380. The molecule has 0 amide bonds. The molecule has 5 heteroatoms. The van der Waals surface area contributed by atoms with Crippen molar-refractivity contribution < 1.29 is 18.3 Å². The molecule has 0 aliphatic carbocycles. The smallest absolute Gasteiger partial charge is 0.167 e. The third kappa shape index (κ3) is 2.76. The fraction of sp³-hybridized carbons (Fsp3) is 0.143. The summed E-state index contributed by atoms with van der Waals surface area (Å²) in [6.07, 6.45) is 0. The highest BCUT2D eigenvalue weighted by Gasteiger charge is 2.12. The Morgan fingerprint density at radius 2 is 1.68 bits per heavy atom. The number of methoxy groups -OCH3 is 1. The molecule has 2 rings (SSSR count). The predicted octanol–water partition coefficient (Wildman–Crippen LogP) is 3.66. The first-order valence-electron chi connectivity index (χ1n) is 5.58. The van der Waals surface area contributed by atoms with Gasteiger partial charge in [0.1, 0.15) is 0 Å². The van der Waals surface area contributed by atoms with Crippen LogP contribution in [0, 0.1) is 18.6 Å². The van der Waals surface area contributed by atoms with E-state index in [1.165, 1.54) is 25.3 Å². The minimum atomic E-state index is -0.600. The van der Waals surface area contributed by atoms with E-state index < -0.39 is 11.6 Å². The fourth-order valence-electron chi connectivity index (χ4n) is 1.60. The van der Waals surface area contributed by atoms with Gasteiger partial charge in [0.25, 0.3) is 0 Å². The number of rotatable bonds is 3. The zero-order valence-electron chi connectivity index (χ0n) is 10.5. The van der Waals surface area contributed by atoms with Crippen molar-refractivity contribution in [2.24, 2.45) is 0 Å². The number of nitrogens with two attached hydrogens (primary N) is 1. The van der Waals surface area contributed by atoms with Crippen molar-refractivity contribution >= 4 is 5.69 Å². The van der Waals surface area contributed by atoms with Crippen LogP contribution in [-0.2, 0) is 0 Å². The maximum atomic E-state index is 13.6. The molecule has 0 bridgehead atoms. The van der Waals surface area contributed by atoms with E-state index in [1.54, 1.807) is 13.0 Å². The Morgan fingerprint density at radius 3 is 2.37 bits per heavy atom. The van der Waals surface area contributed by atoms with Gasteiger partial charge < -0.3 is 15.2 Å². The SMILES string of the molecule is COc1cc(Oc2cc(C)ccc2F)c(N)cc1F. The Kier molecular flexibility index (Phi) is 3.55. The highest BCUT2D eigenvalue weighted by atomic mass is 19.1. The van der Waals surface area contributed by atoms with Gasteiger partial charge in [0.15, 0.2) is 28.9 Å². The molecule has 0 heterocycles. The molecular formula is C14H13F2NO2. The average molecular weight is 265 g/mol. The van der Waals surface area contributed by atoms with Crippen LogP contribution in [0.5, 0.6) is 17.2 Å². The molecule has 2 N–H and O–H groups in total. The molecule has 0 saturated heterocycles. The van der Waals surface area contributed by atoms with E-state index in [0.717, 1.165) is 11.6 Å². The third-order valence-corrected chi connectivity index (χ3v) is 2.59. The number of hydrogen-bond acceptors (Lipinski definition) is 3. The monoisotopic (exact) mass is 265 g/mol. The molecule has 0 fully saturated rings. The third-order valence-electron chi connectivity index (χ3n) is 2.59. The molecule has 0 spiro atoms. The quantitative estimate of drug-likeness (QED) is 0.861. The van der Waals surface area contributed by atoms with E-state index in [2.05, 4.69) is 0 Å². The number of hydrogen-bond donors (Lipinski definition) is 1. The van der Waals surface area contributed by atoms with Crippen molar-refractivity contribution in [2.75, 3.05) is 12.8 Å². The Hall–Kier alpha value is -2.30. The van der Waals surface area contributed by atoms with Crippen LogP contribution in [0.25, 0.3) is 0 Å². The van der Waals surface area contributed by atoms with Gasteiger partial charge >= 0.3 is 0 Å². The van der Waals surface area contributed by atoms with Crippen LogP contribution in [0.2, 0.25) is 0 Å². The molecular weight excluding hydrogens is 252 g/mol. The summed E-state index contributed by atoms with van der Waals surface area (Å²) in [5.41, 5.74) is 6.54. The predicted molar refractivity (Wildman–Crippen MR) is 68.6 cm³/mol. The first-order valence-corrected chi connectivity index (χ1v) is 5.58. The molecule has 0 unspecified atom stereocenters. The lowest BCUT2D eigenvalue weighted by atomic mass is 10.2. The normalized spacial score (nSPS) is 10.3. The summed E-state index contributed by atoms with van der Waals surface area (Å²) in [7, 11) is 1.33. The molecule has 100 valence electrons. The number of benzene rings is 2. The maximum absolute atomic E-state index is 13.6. The van der Waals surface area contributed by atoms with Gasteiger partial charge in [-0.25, -0.2) is 8.78 Å². The second kappa shape index (κ2) is 5.14. The summed E-state index contributed by atoms with van der Waals surface area (Å²) in [4.78, 5) is 0. The topological polar surface area (TPSA) is 44.5 Å². The second-order valence-corrected chi connectivity index (χ2v) is 4.06. The van der Waals surface area contributed by atoms with Crippen molar-refractivity contribution in [1.29, 1.82) is 0 Å². The van der Waals surface area contributed by atoms with Crippen LogP contribution in [0.3, 0.4) is 0 Å². The minimum Gasteiger partial charge on any atom is -0.494 e. The van der Waals surface area contributed by atoms with Crippen molar-refractivity contribution in [3.05, 3.63) is 47.5 Å². The molecule has 2 aromatic carbocycles. The first kappa shape index (κ1) is 13.1. The molecule has 0 aromatic heterocycles. The maximum Gasteiger partial charge on any atom is 0.167 e. The summed E-state index contributed by atoms with van der Waals surface area (Å²) in [5.74, 6) is -0.967. The average Bonchev–Trinajstić information content (AvgIpc) is 2.37. The van der Waals surface area contributed by atoms with Gasteiger partial charge in [0.05, 0.1) is 12.8 Å². The lowest BCUT2D eigenvalue weighted by Crippen LogP contribution is -1.97. The van der Waals surface area contributed by atoms with E-state index >= 15 is 0 Å². The van der Waals surface area contributed by atoms with E-state index in [0.29, 0.717) is 0 Å². The van der Waals surface area contributed by atoms with Crippen molar-refractivity contribution in [3.63, 3.8) is 0 Å². The van der Waals surface area contributed by atoms with Gasteiger partial charge in [-0.15, -0.1) is 0 Å². The molecule has 19 heavy (non-hydrogen) atoms. The van der Waals surface area contributed by atoms with Crippen LogP contribution in [0.1, 0.15) is 5.56 Å². The highest BCUT2D eigenvalue weighted by molar-refractivity contribution is 5.57. The largest absolute Gasteiger partial charge is 0.494 e. The summed E-state index contributed by atoms with van der Waals surface area (Å²) in [6.45, 7) is 1.81. The van der Waals surface area contributed by atoms with Gasteiger partial charge in [-0.05, 0) is 24.6 Å². The van der Waals surface area contributed by atoms with E-state index in [1.807, 2.05) is 0 Å². The van der Waals surface area contributed by atoms with Gasteiger partial charge in [-0.3, -0.25) is 0 Å². The van der Waals surface area contributed by atoms with Crippen molar-refractivity contribution in [1.82, 2.24) is 0 Å². The summed E-state index contributed by atoms with van der Waals surface area (Å²) < 4.78 is 37.2. The Balaban J connectivity index is 2.40. The van der Waals surface area contributed by atoms with Crippen LogP contribution in [0.4, 0.5) is 14.5 Å². The fourth-order valence-corrected chi connectivity index (χ4v) is 1.60. The lowest BCUT2D eigenvalue weighted by Gasteiger charge is -2.12. The second-order valence-electron chi connectivity index (χ2n) is 4.06. The molecule has 2 aromatic rings. The number of aryl methyl sites for hydroxylation is 1. The zero-order valence-corrected chi connectivity index (χ0v) is 10.5. The zero-order chi connectivity index (χ0) is 14.0. The molecule has 0 aliphatic heterocycles. The Bertz CT molecular complexity index is 615. The van der Waals surface area contributed by atoms with E-state index in [9.17, 15) is 8.78 Å². The van der Waals surface area contributed by atoms with Crippen LogP contribution >= 0.6 is 0 Å². The molecule has 0 radical (unpaired) electrons. The summed E-state index contributed by atoms with van der Waals surface area (Å²) in [5, 5.41) is 0. The van der Waals surface area contributed by atoms with Gasteiger partial charge in [0, 0.05) is 12.1 Å². The Labute approximate surface area is 109 Å². The summed E-state index contributed by atoms with van der Waals surface area (Å²) >= 11 is 0. The van der Waals surface area contributed by atoms with E-state index in [-0.39, 0.29) is 22.9 Å². The minimum absolute atomic E-state index is 0.0164. The molecule has 3 nitrogen and oxygen atoms in total. The van der Waals surface area contributed by atoms with Crippen LogP contribution < -0.4 is 15.2 Å². The number of nitrogen functional groups attached to an aromatic ring is 1. The standard InChI is InChI=1S/C14H13F2NO2/c1-8-3-4-9(15)13(5-8)19-14-7-12(18-2)10(16)6-11(14)17/h3-7H,17H2,1-2H3. The molecule has 0 saturated carbocycles.